The maximum Gasteiger partial charge on any atom is 0.409 e. The lowest BCUT2D eigenvalue weighted by Crippen LogP contribution is -2.58. The zero-order valence-electron chi connectivity index (χ0n) is 20.6. The zero-order chi connectivity index (χ0) is 24.6. The third kappa shape index (κ3) is 4.66. The van der Waals surface area contributed by atoms with E-state index in [2.05, 4.69) is 14.8 Å². The van der Waals surface area contributed by atoms with Crippen molar-refractivity contribution in [1.29, 1.82) is 0 Å². The fourth-order valence-electron chi connectivity index (χ4n) is 6.02. The summed E-state index contributed by atoms with van der Waals surface area (Å²) in [7, 11) is 0. The van der Waals surface area contributed by atoms with Gasteiger partial charge in [-0.05, 0) is 45.2 Å². The lowest BCUT2D eigenvalue weighted by atomic mass is 9.78. The van der Waals surface area contributed by atoms with Gasteiger partial charge in [0.25, 0.3) is 5.56 Å². The summed E-state index contributed by atoms with van der Waals surface area (Å²) in [4.78, 5) is 35.1. The van der Waals surface area contributed by atoms with Gasteiger partial charge in [-0.3, -0.25) is 9.69 Å². The van der Waals surface area contributed by atoms with Crippen molar-refractivity contribution in [2.24, 2.45) is 5.41 Å². The monoisotopic (exact) mass is 483 g/mol. The van der Waals surface area contributed by atoms with Crippen LogP contribution in [0.15, 0.2) is 35.4 Å². The van der Waals surface area contributed by atoms with Gasteiger partial charge in [-0.1, -0.05) is 0 Å². The Morgan fingerprint density at radius 3 is 2.69 bits per heavy atom. The molecule has 0 N–H and O–H groups in total. The number of ether oxygens (including phenoxy) is 1. The number of carbonyl (C=O) groups excluding carboxylic acids is 1. The standard InChI is InChI=1S/C26H34FN5O3/c1-3-29-16-19(5-6-23(29)33)22-13-20(27)15-28-24(22)31-11-9-30(10-12-31)21-7-8-26(14-21)17-32(18-26)25(34)35-4-2/h5-6,13,15-16,21H,3-4,7-12,14,17-18H2,1-2H3/t21-/m1/s1. The molecule has 4 heterocycles. The molecule has 2 aromatic rings. The number of halogens is 1. The summed E-state index contributed by atoms with van der Waals surface area (Å²) in [5.74, 6) is 0.379. The molecule has 3 fully saturated rings. The van der Waals surface area contributed by atoms with Crippen molar-refractivity contribution in [3.8, 4) is 11.1 Å². The summed E-state index contributed by atoms with van der Waals surface area (Å²) in [6.45, 7) is 9.84. The Morgan fingerprint density at radius 1 is 1.20 bits per heavy atom. The Labute approximate surface area is 205 Å². The van der Waals surface area contributed by atoms with Gasteiger partial charge in [0.05, 0.1) is 12.8 Å². The molecule has 1 spiro atoms. The van der Waals surface area contributed by atoms with Crippen LogP contribution in [-0.4, -0.2) is 77.4 Å². The third-order valence-electron chi connectivity index (χ3n) is 7.85. The Hall–Kier alpha value is -2.94. The average molecular weight is 484 g/mol. The van der Waals surface area contributed by atoms with E-state index in [1.165, 1.54) is 18.3 Å². The number of pyridine rings is 2. The van der Waals surface area contributed by atoms with Crippen LogP contribution >= 0.6 is 0 Å². The number of rotatable bonds is 5. The van der Waals surface area contributed by atoms with Gasteiger partial charge in [-0.15, -0.1) is 0 Å². The van der Waals surface area contributed by atoms with E-state index in [9.17, 15) is 14.0 Å². The highest BCUT2D eigenvalue weighted by atomic mass is 19.1. The fourth-order valence-corrected chi connectivity index (χ4v) is 6.02. The number of aryl methyl sites for hydroxylation is 1. The van der Waals surface area contributed by atoms with Crippen LogP contribution in [0.5, 0.6) is 0 Å². The topological polar surface area (TPSA) is 70.9 Å². The number of hydrogen-bond acceptors (Lipinski definition) is 6. The van der Waals surface area contributed by atoms with Crippen LogP contribution < -0.4 is 10.5 Å². The molecule has 0 bridgehead atoms. The first-order chi connectivity index (χ1) is 16.9. The molecule has 0 unspecified atom stereocenters. The Morgan fingerprint density at radius 2 is 1.97 bits per heavy atom. The number of anilines is 1. The van der Waals surface area contributed by atoms with Crippen LogP contribution in [0.4, 0.5) is 15.0 Å². The number of carbonyl (C=O) groups is 1. The molecule has 1 aliphatic carbocycles. The molecule has 188 valence electrons. The third-order valence-corrected chi connectivity index (χ3v) is 7.85. The molecular formula is C26H34FN5O3. The van der Waals surface area contributed by atoms with Gasteiger partial charge in [-0.2, -0.15) is 0 Å². The van der Waals surface area contributed by atoms with Crippen molar-refractivity contribution in [1.82, 2.24) is 19.4 Å². The molecule has 8 nitrogen and oxygen atoms in total. The van der Waals surface area contributed by atoms with Crippen molar-refractivity contribution in [2.75, 3.05) is 50.8 Å². The molecule has 1 amide bonds. The summed E-state index contributed by atoms with van der Waals surface area (Å²) in [5.41, 5.74) is 1.70. The Balaban J connectivity index is 1.23. The van der Waals surface area contributed by atoms with Crippen molar-refractivity contribution >= 4 is 11.9 Å². The molecule has 1 atom stereocenters. The van der Waals surface area contributed by atoms with Crippen LogP contribution in [0.3, 0.4) is 0 Å². The van der Waals surface area contributed by atoms with Gasteiger partial charge in [0.2, 0.25) is 0 Å². The molecule has 2 aliphatic heterocycles. The number of nitrogens with zero attached hydrogens (tertiary/aromatic N) is 5. The number of amides is 1. The molecule has 2 aromatic heterocycles. The maximum atomic E-state index is 14.2. The highest BCUT2D eigenvalue weighted by Gasteiger charge is 2.51. The van der Waals surface area contributed by atoms with E-state index < -0.39 is 0 Å². The van der Waals surface area contributed by atoms with Gasteiger partial charge < -0.3 is 19.1 Å². The second kappa shape index (κ2) is 9.60. The highest BCUT2D eigenvalue weighted by molar-refractivity contribution is 5.75. The molecule has 5 rings (SSSR count). The Bertz CT molecular complexity index is 1140. The number of hydrogen-bond donors (Lipinski definition) is 0. The first kappa shape index (κ1) is 23.8. The van der Waals surface area contributed by atoms with Gasteiger partial charge in [0.1, 0.15) is 11.6 Å². The highest BCUT2D eigenvalue weighted by Crippen LogP contribution is 2.47. The fraction of sp³-hybridized carbons (Fsp3) is 0.577. The minimum Gasteiger partial charge on any atom is -0.450 e. The minimum atomic E-state index is -0.384. The summed E-state index contributed by atoms with van der Waals surface area (Å²) in [6.07, 6.45) is 6.32. The Kier molecular flexibility index (Phi) is 6.53. The molecule has 9 heteroatoms. The van der Waals surface area contributed by atoms with Crippen LogP contribution in [0, 0.1) is 11.2 Å². The predicted octanol–water partition coefficient (Wildman–Crippen LogP) is 3.20. The summed E-state index contributed by atoms with van der Waals surface area (Å²) in [5, 5.41) is 0. The number of aromatic nitrogens is 2. The van der Waals surface area contributed by atoms with E-state index in [1.807, 2.05) is 18.7 Å². The van der Waals surface area contributed by atoms with Gasteiger partial charge in [0.15, 0.2) is 0 Å². The molecule has 35 heavy (non-hydrogen) atoms. The second-order valence-electron chi connectivity index (χ2n) is 10.0. The molecule has 3 aliphatic rings. The van der Waals surface area contributed by atoms with Crippen molar-refractivity contribution in [3.63, 3.8) is 0 Å². The number of likely N-dealkylation sites (tertiary alicyclic amines) is 1. The minimum absolute atomic E-state index is 0.0676. The van der Waals surface area contributed by atoms with Crippen molar-refractivity contribution in [3.05, 3.63) is 46.8 Å². The van der Waals surface area contributed by atoms with Crippen LogP contribution in [0.25, 0.3) is 11.1 Å². The molecule has 0 radical (unpaired) electrons. The predicted molar refractivity (Wildman–Crippen MR) is 132 cm³/mol. The maximum absolute atomic E-state index is 14.2. The summed E-state index contributed by atoms with van der Waals surface area (Å²) in [6, 6.07) is 5.34. The van der Waals surface area contributed by atoms with E-state index in [4.69, 9.17) is 4.74 Å². The largest absolute Gasteiger partial charge is 0.450 e. The first-order valence-corrected chi connectivity index (χ1v) is 12.7. The average Bonchev–Trinajstić information content (AvgIpc) is 3.30. The quantitative estimate of drug-likeness (QED) is 0.651. The smallest absolute Gasteiger partial charge is 0.409 e. The molecule has 1 saturated carbocycles. The lowest BCUT2D eigenvalue weighted by molar-refractivity contribution is -0.00294. The molecular weight excluding hydrogens is 449 g/mol. The SMILES string of the molecule is CCOC(=O)N1CC2(CC[C@@H](N3CCN(c4ncc(F)cc4-c4ccc(=O)n(CC)c4)CC3)C2)C1. The molecule has 0 aromatic carbocycles. The summed E-state index contributed by atoms with van der Waals surface area (Å²) >= 11 is 0. The van der Waals surface area contributed by atoms with Crippen LogP contribution in [-0.2, 0) is 11.3 Å². The van der Waals surface area contributed by atoms with E-state index in [-0.39, 0.29) is 22.9 Å². The van der Waals surface area contributed by atoms with Crippen LogP contribution in [0.1, 0.15) is 33.1 Å². The van der Waals surface area contributed by atoms with Crippen LogP contribution in [0.2, 0.25) is 0 Å². The first-order valence-electron chi connectivity index (χ1n) is 12.7. The van der Waals surface area contributed by atoms with Gasteiger partial charge in [0, 0.05) is 80.7 Å². The van der Waals surface area contributed by atoms with E-state index >= 15 is 0 Å². The van der Waals surface area contributed by atoms with E-state index in [0.29, 0.717) is 24.8 Å². The number of piperazine rings is 1. The zero-order valence-corrected chi connectivity index (χ0v) is 20.6. The van der Waals surface area contributed by atoms with Gasteiger partial charge in [-0.25, -0.2) is 14.2 Å². The van der Waals surface area contributed by atoms with Crippen molar-refractivity contribution in [2.45, 2.75) is 45.7 Å². The second-order valence-corrected chi connectivity index (χ2v) is 10.0. The normalized spacial score (nSPS) is 21.9. The van der Waals surface area contributed by atoms with E-state index in [0.717, 1.165) is 69.9 Å². The van der Waals surface area contributed by atoms with Crippen molar-refractivity contribution < 1.29 is 13.9 Å². The summed E-state index contributed by atoms with van der Waals surface area (Å²) < 4.78 is 20.9. The van der Waals surface area contributed by atoms with Gasteiger partial charge >= 0.3 is 6.09 Å². The lowest BCUT2D eigenvalue weighted by Gasteiger charge is -2.48. The van der Waals surface area contributed by atoms with E-state index in [1.54, 1.807) is 16.8 Å². The molecule has 2 saturated heterocycles.